The average molecular weight is 269 g/mol. The molecule has 0 saturated carbocycles. The van der Waals surface area contributed by atoms with Crippen molar-refractivity contribution in [2.24, 2.45) is 5.92 Å². The molecule has 0 rings (SSSR count). The Morgan fingerprint density at radius 3 is 2.24 bits per heavy atom. The second-order valence-electron chi connectivity index (χ2n) is 4.77. The predicted molar refractivity (Wildman–Crippen MR) is 61.0 cm³/mol. The molecule has 0 heterocycles. The van der Waals surface area contributed by atoms with E-state index in [0.29, 0.717) is 0 Å². The Hall–Kier alpha value is -0.860. The van der Waals surface area contributed by atoms with E-state index in [1.165, 1.54) is 6.92 Å². The van der Waals surface area contributed by atoms with Crippen molar-refractivity contribution in [3.8, 4) is 0 Å². The maximum Gasteiger partial charge on any atom is 0.407 e. The van der Waals surface area contributed by atoms with Crippen molar-refractivity contribution in [2.75, 3.05) is 6.54 Å². The summed E-state index contributed by atoms with van der Waals surface area (Å²) in [6.45, 7) is 6.29. The zero-order chi connectivity index (χ0) is 13.9. The summed E-state index contributed by atoms with van der Waals surface area (Å²) in [4.78, 5) is 11.2. The highest BCUT2D eigenvalue weighted by Crippen LogP contribution is 2.09. The van der Waals surface area contributed by atoms with Gasteiger partial charge in [-0.05, 0) is 20.8 Å². The molecule has 2 atom stereocenters. The number of rotatable bonds is 4. The Bertz CT molecular complexity index is 358. The van der Waals surface area contributed by atoms with Gasteiger partial charge >= 0.3 is 6.09 Å². The topological polar surface area (TPSA) is 113 Å². The first-order valence-corrected chi connectivity index (χ1v) is 6.55. The van der Waals surface area contributed by atoms with Crippen LogP contribution in [0, 0.1) is 5.92 Å². The fraction of sp³-hybridized carbons (Fsp3) is 0.889. The van der Waals surface area contributed by atoms with Gasteiger partial charge in [-0.3, -0.25) is 4.55 Å². The highest BCUT2D eigenvalue weighted by molar-refractivity contribution is 7.86. The summed E-state index contributed by atoms with van der Waals surface area (Å²) < 4.78 is 34.7. The molecular formula is C9H19NO6S. The lowest BCUT2D eigenvalue weighted by Crippen LogP contribution is -2.39. The lowest BCUT2D eigenvalue weighted by atomic mass is 10.2. The van der Waals surface area contributed by atoms with Gasteiger partial charge in [0.25, 0.3) is 10.1 Å². The molecule has 0 aromatic heterocycles. The molecule has 7 nitrogen and oxygen atoms in total. The number of hydrogen-bond donors (Lipinski definition) is 3. The number of ether oxygens (including phenoxy) is 1. The van der Waals surface area contributed by atoms with Crippen molar-refractivity contribution in [3.63, 3.8) is 0 Å². The van der Waals surface area contributed by atoms with E-state index < -0.39 is 33.2 Å². The Labute approximate surface area is 101 Å². The summed E-state index contributed by atoms with van der Waals surface area (Å²) in [5.41, 5.74) is -2.59. The van der Waals surface area contributed by atoms with E-state index in [1.807, 2.05) is 0 Å². The van der Waals surface area contributed by atoms with Crippen LogP contribution in [0.1, 0.15) is 27.7 Å². The second kappa shape index (κ2) is 5.65. The van der Waals surface area contributed by atoms with Gasteiger partial charge in [0.15, 0.2) is 5.44 Å². The minimum atomic E-state index is -4.52. The number of carbonyl (C=O) groups excluding carboxylic acids is 1. The lowest BCUT2D eigenvalue weighted by molar-refractivity contribution is 0.0508. The molecule has 0 aliphatic rings. The molecule has 17 heavy (non-hydrogen) atoms. The molecular weight excluding hydrogens is 250 g/mol. The van der Waals surface area contributed by atoms with Gasteiger partial charge in [-0.15, -0.1) is 0 Å². The van der Waals surface area contributed by atoms with Crippen LogP contribution in [0.25, 0.3) is 0 Å². The summed E-state index contributed by atoms with van der Waals surface area (Å²) in [7, 11) is -4.52. The van der Waals surface area contributed by atoms with Crippen molar-refractivity contribution in [1.29, 1.82) is 0 Å². The van der Waals surface area contributed by atoms with Gasteiger partial charge in [0.2, 0.25) is 0 Å². The highest BCUT2D eigenvalue weighted by Gasteiger charge is 2.27. The molecule has 0 saturated heterocycles. The summed E-state index contributed by atoms with van der Waals surface area (Å²) in [5.74, 6) is -0.850. The summed E-state index contributed by atoms with van der Waals surface area (Å²) >= 11 is 0. The van der Waals surface area contributed by atoms with Crippen molar-refractivity contribution < 1.29 is 27.6 Å². The van der Waals surface area contributed by atoms with Crippen LogP contribution >= 0.6 is 0 Å². The van der Waals surface area contributed by atoms with Crippen LogP contribution in [0.3, 0.4) is 0 Å². The van der Waals surface area contributed by atoms with Crippen LogP contribution in [-0.2, 0) is 14.9 Å². The van der Waals surface area contributed by atoms with E-state index in [-0.39, 0.29) is 6.54 Å². The number of amides is 1. The second-order valence-corrected chi connectivity index (χ2v) is 6.28. The first-order chi connectivity index (χ1) is 7.43. The molecule has 0 aromatic carbocycles. The van der Waals surface area contributed by atoms with Crippen molar-refractivity contribution >= 4 is 16.2 Å². The quantitative estimate of drug-likeness (QED) is 0.635. The molecule has 1 amide bonds. The molecule has 102 valence electrons. The third kappa shape index (κ3) is 7.14. The van der Waals surface area contributed by atoms with Crippen LogP contribution in [-0.4, -0.2) is 41.8 Å². The SMILES string of the molecule is CC(CNC(=O)OC(C)(C)C)C(O)S(=O)(=O)O. The van der Waals surface area contributed by atoms with Crippen molar-refractivity contribution in [2.45, 2.75) is 38.7 Å². The Balaban J connectivity index is 4.18. The first-order valence-electron chi connectivity index (χ1n) is 5.04. The van der Waals surface area contributed by atoms with Crippen LogP contribution in [0.4, 0.5) is 4.79 Å². The molecule has 0 aromatic rings. The Morgan fingerprint density at radius 2 is 1.88 bits per heavy atom. The largest absolute Gasteiger partial charge is 0.444 e. The molecule has 0 aliphatic carbocycles. The van der Waals surface area contributed by atoms with E-state index in [4.69, 9.17) is 14.4 Å². The monoisotopic (exact) mass is 269 g/mol. The van der Waals surface area contributed by atoms with Gasteiger partial charge < -0.3 is 15.2 Å². The number of carbonyl (C=O) groups is 1. The third-order valence-corrected chi connectivity index (χ3v) is 2.83. The van der Waals surface area contributed by atoms with Gasteiger partial charge in [0.1, 0.15) is 5.60 Å². The molecule has 0 radical (unpaired) electrons. The fourth-order valence-corrected chi connectivity index (χ4v) is 1.64. The molecule has 0 bridgehead atoms. The fourth-order valence-electron chi connectivity index (χ4n) is 0.953. The molecule has 3 N–H and O–H groups in total. The molecule has 0 spiro atoms. The lowest BCUT2D eigenvalue weighted by Gasteiger charge is -2.21. The van der Waals surface area contributed by atoms with E-state index >= 15 is 0 Å². The Kier molecular flexibility index (Phi) is 5.37. The van der Waals surface area contributed by atoms with E-state index in [0.717, 1.165) is 0 Å². The highest BCUT2D eigenvalue weighted by atomic mass is 32.2. The van der Waals surface area contributed by atoms with E-state index in [2.05, 4.69) is 5.32 Å². The number of aliphatic hydroxyl groups excluding tert-OH is 1. The van der Waals surface area contributed by atoms with Crippen LogP contribution in [0.15, 0.2) is 0 Å². The minimum Gasteiger partial charge on any atom is -0.444 e. The summed E-state index contributed by atoms with van der Waals surface area (Å²) in [6.07, 6.45) is -0.716. The molecule has 0 fully saturated rings. The molecule has 8 heteroatoms. The van der Waals surface area contributed by atoms with Crippen molar-refractivity contribution in [3.05, 3.63) is 0 Å². The number of aliphatic hydroxyl groups is 1. The smallest absolute Gasteiger partial charge is 0.407 e. The molecule has 0 aliphatic heterocycles. The van der Waals surface area contributed by atoms with Crippen LogP contribution < -0.4 is 5.32 Å². The van der Waals surface area contributed by atoms with Gasteiger partial charge in [-0.2, -0.15) is 8.42 Å². The van der Waals surface area contributed by atoms with Gasteiger partial charge in [-0.1, -0.05) is 6.92 Å². The maximum atomic E-state index is 11.2. The maximum absolute atomic E-state index is 11.2. The first kappa shape index (κ1) is 16.1. The van der Waals surface area contributed by atoms with Gasteiger partial charge in [0, 0.05) is 12.5 Å². The predicted octanol–water partition coefficient (Wildman–Crippen LogP) is 0.353. The Morgan fingerprint density at radius 1 is 1.41 bits per heavy atom. The zero-order valence-electron chi connectivity index (χ0n) is 10.3. The van der Waals surface area contributed by atoms with Crippen LogP contribution in [0.5, 0.6) is 0 Å². The standard InChI is InChI=1S/C9H19NO6S/c1-6(7(11)17(13,14)15)5-10-8(12)16-9(2,3)4/h6-7,11H,5H2,1-4H3,(H,10,12)(H,13,14,15). The van der Waals surface area contributed by atoms with E-state index in [9.17, 15) is 13.2 Å². The average Bonchev–Trinajstić information content (AvgIpc) is 2.08. The van der Waals surface area contributed by atoms with E-state index in [1.54, 1.807) is 20.8 Å². The number of alkyl carbamates (subject to hydrolysis) is 1. The zero-order valence-corrected chi connectivity index (χ0v) is 11.1. The van der Waals surface area contributed by atoms with Crippen LogP contribution in [0.2, 0.25) is 0 Å². The summed E-state index contributed by atoms with van der Waals surface area (Å²) in [5, 5.41) is 11.5. The normalized spacial score (nSPS) is 16.1. The minimum absolute atomic E-state index is 0.129. The number of hydrogen-bond acceptors (Lipinski definition) is 5. The van der Waals surface area contributed by atoms with Crippen molar-refractivity contribution in [1.82, 2.24) is 5.32 Å². The third-order valence-electron chi connectivity index (χ3n) is 1.76. The number of nitrogens with one attached hydrogen (secondary N) is 1. The van der Waals surface area contributed by atoms with Gasteiger partial charge in [0.05, 0.1) is 0 Å². The summed E-state index contributed by atoms with van der Waals surface area (Å²) in [6, 6.07) is 0. The van der Waals surface area contributed by atoms with Gasteiger partial charge in [-0.25, -0.2) is 4.79 Å². The molecule has 2 unspecified atom stereocenters.